The number of rotatable bonds is 9. The van der Waals surface area contributed by atoms with E-state index < -0.39 is 6.04 Å². The Labute approximate surface area is 192 Å². The van der Waals surface area contributed by atoms with Gasteiger partial charge in [0.1, 0.15) is 11.8 Å². The first-order chi connectivity index (χ1) is 15.5. The van der Waals surface area contributed by atoms with Gasteiger partial charge in [-0.25, -0.2) is 0 Å². The molecule has 2 amide bonds. The van der Waals surface area contributed by atoms with Crippen LogP contribution in [-0.2, 0) is 16.1 Å². The van der Waals surface area contributed by atoms with Gasteiger partial charge in [0.2, 0.25) is 5.91 Å². The molecule has 0 aromatic heterocycles. The smallest absolute Gasteiger partial charge is 0.261 e. The van der Waals surface area contributed by atoms with E-state index in [1.807, 2.05) is 69.3 Å². The Kier molecular flexibility index (Phi) is 8.72. The van der Waals surface area contributed by atoms with Crippen LogP contribution in [0.1, 0.15) is 62.1 Å². The summed E-state index contributed by atoms with van der Waals surface area (Å²) >= 11 is 0. The Bertz CT molecular complexity index is 871. The van der Waals surface area contributed by atoms with Crippen LogP contribution in [0.25, 0.3) is 0 Å². The van der Waals surface area contributed by atoms with Crippen molar-refractivity contribution in [1.29, 1.82) is 0 Å². The van der Waals surface area contributed by atoms with Gasteiger partial charge in [-0.1, -0.05) is 73.7 Å². The van der Waals surface area contributed by atoms with Gasteiger partial charge in [0.15, 0.2) is 6.61 Å². The third kappa shape index (κ3) is 6.84. The van der Waals surface area contributed by atoms with Crippen LogP contribution in [0.5, 0.6) is 5.75 Å². The molecular formula is C27H36N2O3. The summed E-state index contributed by atoms with van der Waals surface area (Å²) in [6.45, 7) is 6.29. The van der Waals surface area contributed by atoms with E-state index in [1.54, 1.807) is 4.90 Å². The minimum absolute atomic E-state index is 0.0600. The second kappa shape index (κ2) is 11.7. The average molecular weight is 437 g/mol. The Balaban J connectivity index is 1.73. The van der Waals surface area contributed by atoms with Crippen molar-refractivity contribution in [2.45, 2.75) is 77.9 Å². The van der Waals surface area contributed by atoms with Crippen molar-refractivity contribution < 1.29 is 14.3 Å². The van der Waals surface area contributed by atoms with Gasteiger partial charge in [-0.2, -0.15) is 0 Å². The number of carbonyl (C=O) groups excluding carboxylic acids is 2. The van der Waals surface area contributed by atoms with E-state index in [2.05, 4.69) is 5.32 Å². The molecule has 1 atom stereocenters. The normalized spacial score (nSPS) is 15.1. The largest absolute Gasteiger partial charge is 0.484 e. The van der Waals surface area contributed by atoms with Crippen molar-refractivity contribution in [2.24, 2.45) is 0 Å². The molecule has 0 unspecified atom stereocenters. The first kappa shape index (κ1) is 23.8. The van der Waals surface area contributed by atoms with Crippen LogP contribution in [0.2, 0.25) is 0 Å². The summed E-state index contributed by atoms with van der Waals surface area (Å²) in [7, 11) is 0. The molecule has 5 heteroatoms. The lowest BCUT2D eigenvalue weighted by Crippen LogP contribution is -2.52. The summed E-state index contributed by atoms with van der Waals surface area (Å²) in [4.78, 5) is 28.1. The monoisotopic (exact) mass is 436 g/mol. The minimum atomic E-state index is -0.521. The Morgan fingerprint density at radius 1 is 0.969 bits per heavy atom. The Hall–Kier alpha value is -2.82. The molecule has 1 fully saturated rings. The molecule has 172 valence electrons. The maximum Gasteiger partial charge on any atom is 0.261 e. The van der Waals surface area contributed by atoms with Crippen molar-refractivity contribution in [3.8, 4) is 5.75 Å². The maximum absolute atomic E-state index is 13.3. The molecular weight excluding hydrogens is 400 g/mol. The zero-order chi connectivity index (χ0) is 22.9. The van der Waals surface area contributed by atoms with Crippen molar-refractivity contribution in [3.05, 3.63) is 65.2 Å². The second-order valence-corrected chi connectivity index (χ2v) is 8.88. The molecule has 0 saturated heterocycles. The Morgan fingerprint density at radius 2 is 1.56 bits per heavy atom. The molecule has 1 aliphatic rings. The van der Waals surface area contributed by atoms with Crippen LogP contribution in [0.4, 0.5) is 0 Å². The first-order valence-electron chi connectivity index (χ1n) is 11.8. The molecule has 3 rings (SSSR count). The lowest BCUT2D eigenvalue weighted by molar-refractivity contribution is -0.143. The van der Waals surface area contributed by atoms with Crippen LogP contribution in [0, 0.1) is 13.8 Å². The summed E-state index contributed by atoms with van der Waals surface area (Å²) in [5, 5.41) is 3.21. The molecule has 1 aliphatic carbocycles. The van der Waals surface area contributed by atoms with Crippen LogP contribution in [0.15, 0.2) is 48.5 Å². The zero-order valence-corrected chi connectivity index (χ0v) is 19.6. The number of aryl methyl sites for hydroxylation is 2. The quantitative estimate of drug-likeness (QED) is 0.606. The number of amides is 2. The van der Waals surface area contributed by atoms with Crippen LogP contribution < -0.4 is 10.1 Å². The molecule has 0 radical (unpaired) electrons. The first-order valence-corrected chi connectivity index (χ1v) is 11.8. The van der Waals surface area contributed by atoms with Crippen molar-refractivity contribution in [2.75, 3.05) is 6.61 Å². The van der Waals surface area contributed by atoms with Gasteiger partial charge in [0, 0.05) is 12.6 Å². The van der Waals surface area contributed by atoms with Crippen LogP contribution in [0.3, 0.4) is 0 Å². The van der Waals surface area contributed by atoms with Crippen molar-refractivity contribution in [1.82, 2.24) is 10.2 Å². The number of hydrogen-bond acceptors (Lipinski definition) is 3. The molecule has 2 aromatic rings. The highest BCUT2D eigenvalue weighted by Crippen LogP contribution is 2.19. The molecule has 0 bridgehead atoms. The van der Waals surface area contributed by atoms with Gasteiger partial charge in [-0.05, 0) is 50.8 Å². The zero-order valence-electron chi connectivity index (χ0n) is 19.6. The van der Waals surface area contributed by atoms with E-state index in [0.717, 1.165) is 42.4 Å². The van der Waals surface area contributed by atoms with Crippen molar-refractivity contribution >= 4 is 11.8 Å². The molecule has 1 N–H and O–H groups in total. The number of carbonyl (C=O) groups is 2. The van der Waals surface area contributed by atoms with Crippen molar-refractivity contribution in [3.63, 3.8) is 0 Å². The predicted octanol–water partition coefficient (Wildman–Crippen LogP) is 4.94. The molecule has 5 nitrogen and oxygen atoms in total. The summed E-state index contributed by atoms with van der Waals surface area (Å²) < 4.78 is 5.76. The van der Waals surface area contributed by atoms with Gasteiger partial charge >= 0.3 is 0 Å². The Morgan fingerprint density at radius 3 is 2.16 bits per heavy atom. The third-order valence-corrected chi connectivity index (χ3v) is 6.19. The fraction of sp³-hybridized carbons (Fsp3) is 0.481. The highest BCUT2D eigenvalue weighted by atomic mass is 16.5. The van der Waals surface area contributed by atoms with E-state index >= 15 is 0 Å². The summed E-state index contributed by atoms with van der Waals surface area (Å²) in [5.74, 6) is 0.408. The summed E-state index contributed by atoms with van der Waals surface area (Å²) in [6.07, 6.45) is 6.13. The van der Waals surface area contributed by atoms with E-state index in [1.165, 1.54) is 6.42 Å². The fourth-order valence-corrected chi connectivity index (χ4v) is 4.22. The summed E-state index contributed by atoms with van der Waals surface area (Å²) in [6, 6.07) is 15.4. The molecule has 0 spiro atoms. The summed E-state index contributed by atoms with van der Waals surface area (Å²) in [5.41, 5.74) is 3.30. The van der Waals surface area contributed by atoms with Gasteiger partial charge in [0.05, 0.1) is 0 Å². The topological polar surface area (TPSA) is 58.6 Å². The molecule has 0 aliphatic heterocycles. The molecule has 1 saturated carbocycles. The standard InChI is InChI=1S/C27H36N2O3/c1-4-25(27(31)28-23-8-6-5-7-9-23)29(18-22-14-10-20(2)11-15-22)26(30)19-32-24-16-12-21(3)13-17-24/h10-17,23,25H,4-9,18-19H2,1-3H3,(H,28,31)/t25-/m0/s1. The van der Waals surface area contributed by atoms with Gasteiger partial charge in [-0.3, -0.25) is 9.59 Å². The van der Waals surface area contributed by atoms with E-state index in [-0.39, 0.29) is 24.5 Å². The molecule has 2 aromatic carbocycles. The fourth-order valence-electron chi connectivity index (χ4n) is 4.22. The molecule has 0 heterocycles. The number of hydrogen-bond donors (Lipinski definition) is 1. The average Bonchev–Trinajstić information content (AvgIpc) is 2.80. The predicted molar refractivity (Wildman–Crippen MR) is 127 cm³/mol. The number of nitrogens with one attached hydrogen (secondary N) is 1. The maximum atomic E-state index is 13.3. The molecule has 32 heavy (non-hydrogen) atoms. The third-order valence-electron chi connectivity index (χ3n) is 6.19. The van der Waals surface area contributed by atoms with Gasteiger partial charge in [-0.15, -0.1) is 0 Å². The van der Waals surface area contributed by atoms with Gasteiger partial charge < -0.3 is 15.0 Å². The second-order valence-electron chi connectivity index (χ2n) is 8.88. The lowest BCUT2D eigenvalue weighted by Gasteiger charge is -2.32. The highest BCUT2D eigenvalue weighted by Gasteiger charge is 2.30. The minimum Gasteiger partial charge on any atom is -0.484 e. The van der Waals surface area contributed by atoms with Crippen LogP contribution in [-0.4, -0.2) is 35.4 Å². The van der Waals surface area contributed by atoms with E-state index in [0.29, 0.717) is 18.7 Å². The van der Waals surface area contributed by atoms with Gasteiger partial charge in [0.25, 0.3) is 5.91 Å². The lowest BCUT2D eigenvalue weighted by atomic mass is 9.95. The van der Waals surface area contributed by atoms with E-state index in [4.69, 9.17) is 4.74 Å². The number of benzene rings is 2. The van der Waals surface area contributed by atoms with Crippen LogP contribution >= 0.6 is 0 Å². The highest BCUT2D eigenvalue weighted by molar-refractivity contribution is 5.88. The van der Waals surface area contributed by atoms with E-state index in [9.17, 15) is 9.59 Å². The SMILES string of the molecule is CC[C@@H](C(=O)NC1CCCCC1)N(Cc1ccc(C)cc1)C(=O)COc1ccc(C)cc1. The number of nitrogens with zero attached hydrogens (tertiary/aromatic N) is 1. The number of ether oxygens (including phenoxy) is 1.